The van der Waals surface area contributed by atoms with Crippen LogP contribution >= 0.6 is 11.6 Å². The molecule has 3 rings (SSSR count). The molecule has 0 atom stereocenters. The lowest BCUT2D eigenvalue weighted by molar-refractivity contribution is 0.101. The number of anilines is 1. The second-order valence-corrected chi connectivity index (χ2v) is 6.08. The van der Waals surface area contributed by atoms with E-state index in [4.69, 9.17) is 11.6 Å². The van der Waals surface area contributed by atoms with Crippen molar-refractivity contribution in [1.82, 2.24) is 0 Å². The fourth-order valence-electron chi connectivity index (χ4n) is 2.55. The predicted octanol–water partition coefficient (Wildman–Crippen LogP) is 5.46. The molecule has 0 unspecified atom stereocenters. The lowest BCUT2D eigenvalue weighted by Gasteiger charge is -2.13. The first-order valence-electron chi connectivity index (χ1n) is 7.82. The Labute approximate surface area is 151 Å². The van der Waals surface area contributed by atoms with Crippen LogP contribution in [0.1, 0.15) is 27.6 Å². The molecule has 0 aliphatic carbocycles. The van der Waals surface area contributed by atoms with Crippen LogP contribution in [0.3, 0.4) is 0 Å². The van der Waals surface area contributed by atoms with E-state index in [0.29, 0.717) is 21.8 Å². The van der Waals surface area contributed by atoms with Crippen molar-refractivity contribution in [3.05, 3.63) is 88.9 Å². The summed E-state index contributed by atoms with van der Waals surface area (Å²) in [7, 11) is 0. The molecule has 3 aromatic rings. The Morgan fingerprint density at radius 3 is 2.28 bits per heavy atom. The smallest absolute Gasteiger partial charge is 0.255 e. The second kappa shape index (κ2) is 7.32. The molecular weight excluding hydrogens is 334 g/mol. The highest BCUT2D eigenvalue weighted by Crippen LogP contribution is 2.32. The van der Waals surface area contributed by atoms with Gasteiger partial charge in [-0.15, -0.1) is 0 Å². The van der Waals surface area contributed by atoms with Crippen LogP contribution in [-0.4, -0.2) is 11.7 Å². The average Bonchev–Trinajstić information content (AvgIpc) is 2.64. The van der Waals surface area contributed by atoms with Gasteiger partial charge in [0.2, 0.25) is 0 Å². The van der Waals surface area contributed by atoms with Crippen LogP contribution in [0.5, 0.6) is 0 Å². The first-order valence-corrected chi connectivity index (χ1v) is 8.20. The third-order valence-electron chi connectivity index (χ3n) is 3.85. The molecule has 25 heavy (non-hydrogen) atoms. The number of benzene rings is 3. The van der Waals surface area contributed by atoms with E-state index in [1.807, 2.05) is 30.3 Å². The molecule has 0 radical (unpaired) electrons. The first kappa shape index (κ1) is 16.9. The largest absolute Gasteiger partial charge is 0.321 e. The zero-order valence-electron chi connectivity index (χ0n) is 13.6. The summed E-state index contributed by atoms with van der Waals surface area (Å²) in [5.74, 6) is -0.217. The highest BCUT2D eigenvalue weighted by atomic mass is 35.5. The molecule has 0 fully saturated rings. The van der Waals surface area contributed by atoms with Gasteiger partial charge in [-0.25, -0.2) is 0 Å². The van der Waals surface area contributed by atoms with Crippen LogP contribution in [0.15, 0.2) is 72.8 Å². The lowest BCUT2D eigenvalue weighted by Crippen LogP contribution is -2.12. The molecule has 0 aliphatic rings. The zero-order chi connectivity index (χ0) is 17.8. The highest BCUT2D eigenvalue weighted by Gasteiger charge is 2.12. The van der Waals surface area contributed by atoms with Gasteiger partial charge in [-0.3, -0.25) is 9.59 Å². The summed E-state index contributed by atoms with van der Waals surface area (Å²) in [6.07, 6.45) is 0. The van der Waals surface area contributed by atoms with E-state index in [1.165, 1.54) is 6.92 Å². The number of ketones is 1. The summed E-state index contributed by atoms with van der Waals surface area (Å²) in [5.41, 5.74) is 3.40. The van der Waals surface area contributed by atoms with Crippen molar-refractivity contribution in [3.63, 3.8) is 0 Å². The predicted molar refractivity (Wildman–Crippen MR) is 101 cm³/mol. The van der Waals surface area contributed by atoms with Crippen LogP contribution < -0.4 is 5.32 Å². The van der Waals surface area contributed by atoms with Crippen LogP contribution in [0, 0.1) is 0 Å². The Bertz CT molecular complexity index is 936. The second-order valence-electron chi connectivity index (χ2n) is 5.65. The monoisotopic (exact) mass is 349 g/mol. The van der Waals surface area contributed by atoms with Crippen LogP contribution in [0.2, 0.25) is 5.02 Å². The van der Waals surface area contributed by atoms with Crippen molar-refractivity contribution in [3.8, 4) is 11.1 Å². The van der Waals surface area contributed by atoms with Crippen LogP contribution in [-0.2, 0) is 0 Å². The third-order valence-corrected chi connectivity index (χ3v) is 4.08. The number of rotatable bonds is 4. The SMILES string of the molecule is CC(=O)c1cccc(-c2cc(Cl)ccc2NC(=O)c2ccccc2)c1. The molecule has 124 valence electrons. The fourth-order valence-corrected chi connectivity index (χ4v) is 2.73. The van der Waals surface area contributed by atoms with E-state index >= 15 is 0 Å². The number of hydrogen-bond acceptors (Lipinski definition) is 2. The van der Waals surface area contributed by atoms with E-state index in [-0.39, 0.29) is 11.7 Å². The third kappa shape index (κ3) is 3.95. The summed E-state index contributed by atoms with van der Waals surface area (Å²) < 4.78 is 0. The van der Waals surface area contributed by atoms with Gasteiger partial charge in [0.1, 0.15) is 0 Å². The van der Waals surface area contributed by atoms with E-state index in [1.54, 1.807) is 42.5 Å². The number of carbonyl (C=O) groups is 2. The summed E-state index contributed by atoms with van der Waals surface area (Å²) in [6, 6.07) is 21.5. The van der Waals surface area contributed by atoms with Gasteiger partial charge >= 0.3 is 0 Å². The number of Topliss-reactive ketones (excluding diaryl/α,β-unsaturated/α-hetero) is 1. The normalized spacial score (nSPS) is 10.3. The number of hydrogen-bond donors (Lipinski definition) is 1. The Balaban J connectivity index is 2.00. The number of amides is 1. The summed E-state index contributed by atoms with van der Waals surface area (Å²) >= 11 is 6.14. The molecule has 4 heteroatoms. The van der Waals surface area contributed by atoms with Crippen LogP contribution in [0.4, 0.5) is 5.69 Å². The standard InChI is InChI=1S/C21H16ClNO2/c1-14(24)16-8-5-9-17(12-16)19-13-18(22)10-11-20(19)23-21(25)15-6-3-2-4-7-15/h2-13H,1H3,(H,23,25). The van der Waals surface area contributed by atoms with Gasteiger partial charge in [0.25, 0.3) is 5.91 Å². The molecule has 0 aliphatic heterocycles. The van der Waals surface area contributed by atoms with Gasteiger partial charge in [-0.2, -0.15) is 0 Å². The van der Waals surface area contributed by atoms with Gasteiger partial charge in [0.15, 0.2) is 5.78 Å². The molecule has 0 bridgehead atoms. The van der Waals surface area contributed by atoms with E-state index in [2.05, 4.69) is 5.32 Å². The number of carbonyl (C=O) groups excluding carboxylic acids is 2. The summed E-state index contributed by atoms with van der Waals surface area (Å²) in [4.78, 5) is 24.1. The molecule has 0 heterocycles. The van der Waals surface area contributed by atoms with Crippen molar-refractivity contribution in [1.29, 1.82) is 0 Å². The number of nitrogens with one attached hydrogen (secondary N) is 1. The average molecular weight is 350 g/mol. The molecule has 0 saturated heterocycles. The maximum absolute atomic E-state index is 12.5. The minimum atomic E-state index is -0.202. The minimum Gasteiger partial charge on any atom is -0.321 e. The molecule has 0 aromatic heterocycles. The molecule has 1 amide bonds. The van der Waals surface area contributed by atoms with Crippen molar-refractivity contribution in [2.45, 2.75) is 6.92 Å². The van der Waals surface area contributed by atoms with Crippen molar-refractivity contribution in [2.24, 2.45) is 0 Å². The van der Waals surface area contributed by atoms with Crippen molar-refractivity contribution in [2.75, 3.05) is 5.32 Å². The maximum atomic E-state index is 12.5. The molecule has 3 nitrogen and oxygen atoms in total. The Kier molecular flexibility index (Phi) is 4.96. The van der Waals surface area contributed by atoms with Gasteiger partial charge in [-0.05, 0) is 48.9 Å². The summed E-state index contributed by atoms with van der Waals surface area (Å²) in [5, 5.41) is 3.48. The Hall–Kier alpha value is -2.91. The lowest BCUT2D eigenvalue weighted by atomic mass is 10.00. The summed E-state index contributed by atoms with van der Waals surface area (Å²) in [6.45, 7) is 1.52. The van der Waals surface area contributed by atoms with Crippen molar-refractivity contribution < 1.29 is 9.59 Å². The van der Waals surface area contributed by atoms with E-state index < -0.39 is 0 Å². The Morgan fingerprint density at radius 1 is 0.840 bits per heavy atom. The fraction of sp³-hybridized carbons (Fsp3) is 0.0476. The molecule has 0 saturated carbocycles. The first-order chi connectivity index (χ1) is 12.0. The quantitative estimate of drug-likeness (QED) is 0.635. The number of halogens is 1. The zero-order valence-corrected chi connectivity index (χ0v) is 14.4. The van der Waals surface area contributed by atoms with E-state index in [0.717, 1.165) is 11.1 Å². The molecule has 1 N–H and O–H groups in total. The topological polar surface area (TPSA) is 46.2 Å². The highest BCUT2D eigenvalue weighted by molar-refractivity contribution is 6.31. The van der Waals surface area contributed by atoms with Gasteiger partial charge in [0, 0.05) is 27.4 Å². The maximum Gasteiger partial charge on any atom is 0.255 e. The van der Waals surface area contributed by atoms with Gasteiger partial charge < -0.3 is 5.32 Å². The van der Waals surface area contributed by atoms with Gasteiger partial charge in [-0.1, -0.05) is 48.0 Å². The van der Waals surface area contributed by atoms with Gasteiger partial charge in [0.05, 0.1) is 0 Å². The van der Waals surface area contributed by atoms with E-state index in [9.17, 15) is 9.59 Å². The molecular formula is C21H16ClNO2. The molecule has 0 spiro atoms. The van der Waals surface area contributed by atoms with Crippen LogP contribution in [0.25, 0.3) is 11.1 Å². The minimum absolute atomic E-state index is 0.0150. The molecule has 3 aromatic carbocycles. The Morgan fingerprint density at radius 2 is 1.56 bits per heavy atom. The van der Waals surface area contributed by atoms with Crippen molar-refractivity contribution >= 4 is 29.0 Å².